The molecule has 0 aliphatic heterocycles. The van der Waals surface area contributed by atoms with Crippen molar-refractivity contribution in [3.8, 4) is 6.07 Å². The van der Waals surface area contributed by atoms with E-state index in [1.54, 1.807) is 6.92 Å². The number of nitriles is 1. The van der Waals surface area contributed by atoms with E-state index < -0.39 is 0 Å². The predicted octanol–water partition coefficient (Wildman–Crippen LogP) is -0.356. The van der Waals surface area contributed by atoms with Crippen LogP contribution in [0.15, 0.2) is 0 Å². The normalized spacial score (nSPS) is 11.4. The highest BCUT2D eigenvalue weighted by Gasteiger charge is 1.89. The first-order chi connectivity index (χ1) is 3.31. The van der Waals surface area contributed by atoms with Crippen molar-refractivity contribution in [2.45, 2.75) is 13.0 Å². The van der Waals surface area contributed by atoms with E-state index in [-0.39, 0.29) is 6.04 Å². The number of nitrogens with one attached hydrogen (secondary N) is 1. The van der Waals surface area contributed by atoms with Crippen molar-refractivity contribution < 1.29 is 4.79 Å². The zero-order chi connectivity index (χ0) is 5.70. The molecule has 0 fully saturated rings. The average Bonchev–Trinajstić information content (AvgIpc) is 1.68. The third-order valence-electron chi connectivity index (χ3n) is 0.512. The second-order valence-electron chi connectivity index (χ2n) is 1.14. The Balaban J connectivity index is 3.21. The summed E-state index contributed by atoms with van der Waals surface area (Å²) in [5, 5.41) is 10.2. The minimum Gasteiger partial charge on any atom is -0.343 e. The fourth-order valence-corrected chi connectivity index (χ4v) is 0.139. The smallest absolute Gasteiger partial charge is 0.208 e. The van der Waals surface area contributed by atoms with Crippen LogP contribution in [0.3, 0.4) is 0 Å². The van der Waals surface area contributed by atoms with Gasteiger partial charge in [-0.3, -0.25) is 4.79 Å². The third-order valence-corrected chi connectivity index (χ3v) is 0.512. The monoisotopic (exact) mass is 98.0 g/mol. The average molecular weight is 98.1 g/mol. The SMILES string of the molecule is C[C@H](C#N)NC=O. The van der Waals surface area contributed by atoms with Gasteiger partial charge in [-0.1, -0.05) is 0 Å². The number of rotatable bonds is 2. The van der Waals surface area contributed by atoms with Crippen LogP contribution < -0.4 is 5.32 Å². The highest BCUT2D eigenvalue weighted by molar-refractivity contribution is 5.47. The summed E-state index contributed by atoms with van der Waals surface area (Å²) in [7, 11) is 0. The van der Waals surface area contributed by atoms with E-state index in [0.717, 1.165) is 0 Å². The summed E-state index contributed by atoms with van der Waals surface area (Å²) in [5.41, 5.74) is 0. The van der Waals surface area contributed by atoms with Gasteiger partial charge in [-0.05, 0) is 6.92 Å². The first-order valence-electron chi connectivity index (χ1n) is 1.90. The van der Waals surface area contributed by atoms with Crippen molar-refractivity contribution >= 4 is 6.41 Å². The van der Waals surface area contributed by atoms with Gasteiger partial charge in [0.1, 0.15) is 6.04 Å². The van der Waals surface area contributed by atoms with Crippen LogP contribution in [0, 0.1) is 11.3 Å². The summed E-state index contributed by atoms with van der Waals surface area (Å²) in [6.45, 7) is 1.61. The maximum absolute atomic E-state index is 9.51. The molecule has 0 aromatic rings. The summed E-state index contributed by atoms with van der Waals surface area (Å²) < 4.78 is 0. The topological polar surface area (TPSA) is 52.9 Å². The summed E-state index contributed by atoms with van der Waals surface area (Å²) in [5.74, 6) is 0. The van der Waals surface area contributed by atoms with E-state index in [0.29, 0.717) is 6.41 Å². The van der Waals surface area contributed by atoms with E-state index in [4.69, 9.17) is 5.26 Å². The highest BCUT2D eigenvalue weighted by Crippen LogP contribution is 1.68. The van der Waals surface area contributed by atoms with Crippen molar-refractivity contribution in [1.82, 2.24) is 5.32 Å². The lowest BCUT2D eigenvalue weighted by Crippen LogP contribution is -2.21. The molecule has 3 nitrogen and oxygen atoms in total. The molecule has 0 saturated heterocycles. The van der Waals surface area contributed by atoms with Crippen molar-refractivity contribution in [1.29, 1.82) is 5.26 Å². The van der Waals surface area contributed by atoms with Gasteiger partial charge in [0.05, 0.1) is 6.07 Å². The number of nitrogens with zero attached hydrogens (tertiary/aromatic N) is 1. The molecule has 1 atom stereocenters. The number of amides is 1. The molecular formula is C4H6N2O. The molecule has 0 radical (unpaired) electrons. The molecule has 1 N–H and O–H groups in total. The van der Waals surface area contributed by atoms with Gasteiger partial charge in [0, 0.05) is 0 Å². The number of carbonyl (C=O) groups excluding carboxylic acids is 1. The van der Waals surface area contributed by atoms with Gasteiger partial charge >= 0.3 is 0 Å². The standard InChI is InChI=1S/C4H6N2O/c1-4(2-5)6-3-7/h3-4H,1H3,(H,6,7)/t4-/m1/s1. The number of hydrogen-bond donors (Lipinski definition) is 1. The molecule has 0 unspecified atom stereocenters. The van der Waals surface area contributed by atoms with E-state index in [9.17, 15) is 4.79 Å². The fourth-order valence-electron chi connectivity index (χ4n) is 0.139. The molecule has 0 rings (SSSR count). The van der Waals surface area contributed by atoms with Crippen LogP contribution in [0.5, 0.6) is 0 Å². The Hall–Kier alpha value is -1.04. The Morgan fingerprint density at radius 1 is 2.00 bits per heavy atom. The van der Waals surface area contributed by atoms with Crippen molar-refractivity contribution in [2.24, 2.45) is 0 Å². The van der Waals surface area contributed by atoms with Gasteiger partial charge < -0.3 is 5.32 Å². The van der Waals surface area contributed by atoms with Gasteiger partial charge in [0.25, 0.3) is 0 Å². The molecule has 0 aliphatic carbocycles. The zero-order valence-electron chi connectivity index (χ0n) is 4.01. The summed E-state index contributed by atoms with van der Waals surface area (Å²) in [6, 6.07) is 1.46. The van der Waals surface area contributed by atoms with E-state index in [2.05, 4.69) is 5.32 Å². The van der Waals surface area contributed by atoms with E-state index in [1.807, 2.05) is 6.07 Å². The van der Waals surface area contributed by atoms with Gasteiger partial charge in [-0.2, -0.15) is 5.26 Å². The van der Waals surface area contributed by atoms with Crippen molar-refractivity contribution in [3.63, 3.8) is 0 Å². The lowest BCUT2D eigenvalue weighted by molar-refractivity contribution is -0.109. The highest BCUT2D eigenvalue weighted by atomic mass is 16.1. The summed E-state index contributed by atoms with van der Waals surface area (Å²) in [4.78, 5) is 9.51. The van der Waals surface area contributed by atoms with Crippen LogP contribution in [0.1, 0.15) is 6.92 Å². The van der Waals surface area contributed by atoms with Crippen molar-refractivity contribution in [2.75, 3.05) is 0 Å². The molecule has 7 heavy (non-hydrogen) atoms. The van der Waals surface area contributed by atoms with E-state index >= 15 is 0 Å². The molecule has 0 bridgehead atoms. The Labute approximate surface area is 41.9 Å². The molecular weight excluding hydrogens is 92.1 g/mol. The predicted molar refractivity (Wildman–Crippen MR) is 24.3 cm³/mol. The lowest BCUT2D eigenvalue weighted by Gasteiger charge is -1.93. The van der Waals surface area contributed by atoms with Gasteiger partial charge in [-0.25, -0.2) is 0 Å². The summed E-state index contributed by atoms with van der Waals surface area (Å²) in [6.07, 6.45) is 0.508. The largest absolute Gasteiger partial charge is 0.343 e. The molecule has 3 heteroatoms. The first-order valence-corrected chi connectivity index (χ1v) is 1.90. The molecule has 1 amide bonds. The minimum atomic E-state index is -0.363. The Kier molecular flexibility index (Phi) is 2.69. The minimum absolute atomic E-state index is 0.363. The van der Waals surface area contributed by atoms with Crippen LogP contribution >= 0.6 is 0 Å². The van der Waals surface area contributed by atoms with E-state index in [1.165, 1.54) is 0 Å². The third kappa shape index (κ3) is 2.77. The second kappa shape index (κ2) is 3.16. The molecule has 0 aliphatic rings. The Bertz CT molecular complexity index is 94.4. The first kappa shape index (κ1) is 5.96. The van der Waals surface area contributed by atoms with Gasteiger partial charge in [0.2, 0.25) is 6.41 Å². The maximum Gasteiger partial charge on any atom is 0.208 e. The Morgan fingerprint density at radius 3 is 2.71 bits per heavy atom. The van der Waals surface area contributed by atoms with Crippen LogP contribution in [-0.4, -0.2) is 12.5 Å². The number of hydrogen-bond acceptors (Lipinski definition) is 2. The van der Waals surface area contributed by atoms with Crippen LogP contribution in [0.2, 0.25) is 0 Å². The quantitative estimate of drug-likeness (QED) is 0.480. The zero-order valence-corrected chi connectivity index (χ0v) is 4.01. The molecule has 38 valence electrons. The van der Waals surface area contributed by atoms with Crippen LogP contribution in [0.25, 0.3) is 0 Å². The number of carbonyl (C=O) groups is 1. The van der Waals surface area contributed by atoms with Gasteiger partial charge in [-0.15, -0.1) is 0 Å². The van der Waals surface area contributed by atoms with Crippen LogP contribution in [0.4, 0.5) is 0 Å². The molecule has 0 aromatic heterocycles. The maximum atomic E-state index is 9.51. The fraction of sp³-hybridized carbons (Fsp3) is 0.500. The Morgan fingerprint density at radius 2 is 2.57 bits per heavy atom. The van der Waals surface area contributed by atoms with Crippen LogP contribution in [-0.2, 0) is 4.79 Å². The van der Waals surface area contributed by atoms with Gasteiger partial charge in [0.15, 0.2) is 0 Å². The summed E-state index contributed by atoms with van der Waals surface area (Å²) >= 11 is 0. The lowest BCUT2D eigenvalue weighted by atomic mass is 10.4. The molecule has 0 saturated carbocycles. The molecule has 0 spiro atoms. The molecule has 0 heterocycles. The van der Waals surface area contributed by atoms with Crippen molar-refractivity contribution in [3.05, 3.63) is 0 Å². The molecule has 0 aromatic carbocycles. The second-order valence-corrected chi connectivity index (χ2v) is 1.14.